The Morgan fingerprint density at radius 3 is 2.45 bits per heavy atom. The number of halogens is 2. The van der Waals surface area contributed by atoms with E-state index in [0.717, 1.165) is 18.5 Å². The predicted octanol–water partition coefficient (Wildman–Crippen LogP) is 6.68. The fourth-order valence-electron chi connectivity index (χ4n) is 3.11. The normalized spacial score (nSPS) is 11.8. The summed E-state index contributed by atoms with van der Waals surface area (Å²) < 4.78 is 27.8. The number of aromatic nitrogens is 5. The van der Waals surface area contributed by atoms with Gasteiger partial charge in [-0.2, -0.15) is 10.2 Å². The van der Waals surface area contributed by atoms with Crippen LogP contribution >= 0.6 is 0 Å². The highest BCUT2D eigenvalue weighted by Crippen LogP contribution is 2.33. The van der Waals surface area contributed by atoms with E-state index < -0.39 is 11.8 Å². The van der Waals surface area contributed by atoms with Crippen molar-refractivity contribution < 1.29 is 13.6 Å². The number of carbonyl (C=O) groups excluding carboxylic acids is 1. The lowest BCUT2D eigenvalue weighted by Crippen LogP contribution is -2.26. The van der Waals surface area contributed by atoms with Crippen molar-refractivity contribution in [2.45, 2.75) is 86.0 Å². The molecule has 0 fully saturated rings. The molecular formula is C24H38F2N6O. The van der Waals surface area contributed by atoms with Crippen molar-refractivity contribution in [2.24, 2.45) is 5.92 Å². The molecule has 0 bridgehead atoms. The van der Waals surface area contributed by atoms with Crippen LogP contribution in [0.3, 0.4) is 0 Å². The summed E-state index contributed by atoms with van der Waals surface area (Å²) in [5.74, 6) is -3.10. The van der Waals surface area contributed by atoms with Gasteiger partial charge in [0.1, 0.15) is 5.56 Å². The largest absolute Gasteiger partial charge is 0.319 e. The Bertz CT molecular complexity index is 953. The summed E-state index contributed by atoms with van der Waals surface area (Å²) in [4.78, 5) is 16.2. The van der Waals surface area contributed by atoms with Crippen molar-refractivity contribution in [1.29, 1.82) is 0 Å². The molecule has 33 heavy (non-hydrogen) atoms. The van der Waals surface area contributed by atoms with Gasteiger partial charge in [0.15, 0.2) is 5.65 Å². The van der Waals surface area contributed by atoms with Crippen LogP contribution in [0.1, 0.15) is 89.2 Å². The second-order valence-electron chi connectivity index (χ2n) is 7.88. The lowest BCUT2D eigenvalue weighted by atomic mass is 9.91. The second-order valence-corrected chi connectivity index (χ2v) is 7.88. The van der Waals surface area contributed by atoms with Gasteiger partial charge in [-0.15, -0.1) is 0 Å². The average Bonchev–Trinajstić information content (AvgIpc) is 3.41. The minimum absolute atomic E-state index is 0.0186. The van der Waals surface area contributed by atoms with Crippen molar-refractivity contribution in [3.8, 4) is 0 Å². The first-order valence-electron chi connectivity index (χ1n) is 11.7. The molecule has 0 saturated heterocycles. The number of amides is 1. The summed E-state index contributed by atoms with van der Waals surface area (Å²) in [6.45, 7) is 11.5. The standard InChI is InChI=1S/C11H10N6O.C10H20F2.C3H8/c1-7-9(6-13-16-7)15-11(18)8-5-14-17-4-2-3-12-10(8)17;1-4-7-8-9(5-2)10(11,12)6-3;1-3-2/h2-6H,1H3,(H,13,16)(H,15,18);9H,4-8H2,1-3H3;3H2,1-2H3. The third kappa shape index (κ3) is 8.55. The molecule has 3 heterocycles. The van der Waals surface area contributed by atoms with E-state index >= 15 is 0 Å². The van der Waals surface area contributed by atoms with Crippen LogP contribution in [0.4, 0.5) is 14.5 Å². The van der Waals surface area contributed by atoms with E-state index in [9.17, 15) is 13.6 Å². The maximum atomic E-state index is 13.1. The number of carbonyl (C=O) groups is 1. The Balaban J connectivity index is 0.000000317. The monoisotopic (exact) mass is 464 g/mol. The Morgan fingerprint density at radius 2 is 1.91 bits per heavy atom. The maximum absolute atomic E-state index is 13.1. The number of H-pyrrole nitrogens is 1. The van der Waals surface area contributed by atoms with Crippen LogP contribution in [-0.4, -0.2) is 36.6 Å². The molecule has 0 saturated carbocycles. The van der Waals surface area contributed by atoms with E-state index in [1.807, 2.05) is 20.8 Å². The van der Waals surface area contributed by atoms with Gasteiger partial charge in [0.05, 0.1) is 23.8 Å². The molecule has 3 aromatic rings. The molecule has 0 spiro atoms. The number of hydrogen-bond acceptors (Lipinski definition) is 4. The summed E-state index contributed by atoms with van der Waals surface area (Å²) in [5.41, 5.74) is 2.40. The van der Waals surface area contributed by atoms with E-state index in [-0.39, 0.29) is 12.3 Å². The lowest BCUT2D eigenvalue weighted by Gasteiger charge is -2.24. The number of rotatable bonds is 8. The predicted molar refractivity (Wildman–Crippen MR) is 129 cm³/mol. The highest BCUT2D eigenvalue weighted by molar-refractivity contribution is 6.08. The van der Waals surface area contributed by atoms with Gasteiger partial charge in [0.25, 0.3) is 11.8 Å². The van der Waals surface area contributed by atoms with Crippen LogP contribution in [0, 0.1) is 12.8 Å². The van der Waals surface area contributed by atoms with Gasteiger partial charge < -0.3 is 5.32 Å². The van der Waals surface area contributed by atoms with E-state index in [2.05, 4.69) is 39.4 Å². The number of nitrogens with one attached hydrogen (secondary N) is 2. The number of hydrogen-bond donors (Lipinski definition) is 2. The van der Waals surface area contributed by atoms with Crippen molar-refractivity contribution >= 4 is 17.2 Å². The molecule has 3 aromatic heterocycles. The van der Waals surface area contributed by atoms with Crippen LogP contribution in [-0.2, 0) is 0 Å². The van der Waals surface area contributed by atoms with Gasteiger partial charge in [-0.25, -0.2) is 18.3 Å². The van der Waals surface area contributed by atoms with E-state index in [1.165, 1.54) is 12.6 Å². The first kappa shape index (κ1) is 28.2. The van der Waals surface area contributed by atoms with Crippen LogP contribution in [0.25, 0.3) is 5.65 Å². The number of aryl methyl sites for hydroxylation is 1. The summed E-state index contributed by atoms with van der Waals surface area (Å²) in [7, 11) is 0. The van der Waals surface area contributed by atoms with Crippen LogP contribution in [0.5, 0.6) is 0 Å². The first-order chi connectivity index (χ1) is 15.7. The van der Waals surface area contributed by atoms with Gasteiger partial charge in [-0.1, -0.05) is 53.9 Å². The quantitative estimate of drug-likeness (QED) is 0.389. The molecule has 0 aromatic carbocycles. The summed E-state index contributed by atoms with van der Waals surface area (Å²) in [6, 6.07) is 1.75. The molecule has 1 amide bonds. The molecule has 0 radical (unpaired) electrons. The van der Waals surface area contributed by atoms with Gasteiger partial charge >= 0.3 is 0 Å². The average molecular weight is 465 g/mol. The minimum atomic E-state index is -2.44. The zero-order chi connectivity index (χ0) is 24.9. The van der Waals surface area contributed by atoms with Gasteiger partial charge in [0, 0.05) is 24.7 Å². The topological polar surface area (TPSA) is 88.0 Å². The second kappa shape index (κ2) is 14.3. The van der Waals surface area contributed by atoms with Crippen molar-refractivity contribution in [2.75, 3.05) is 5.32 Å². The number of nitrogens with zero attached hydrogens (tertiary/aromatic N) is 4. The molecule has 1 atom stereocenters. The number of fused-ring (bicyclic) bond motifs is 1. The zero-order valence-corrected chi connectivity index (χ0v) is 20.7. The molecule has 0 aliphatic heterocycles. The molecule has 3 rings (SSSR count). The molecule has 9 heteroatoms. The Labute approximate surface area is 195 Å². The van der Waals surface area contributed by atoms with E-state index in [0.29, 0.717) is 29.7 Å². The Hall–Kier alpha value is -2.84. The molecule has 184 valence electrons. The van der Waals surface area contributed by atoms with Crippen LogP contribution in [0.2, 0.25) is 0 Å². The molecule has 0 aliphatic rings. The fourth-order valence-corrected chi connectivity index (χ4v) is 3.11. The lowest BCUT2D eigenvalue weighted by molar-refractivity contribution is -0.0661. The summed E-state index contributed by atoms with van der Waals surface area (Å²) in [5, 5.41) is 13.4. The number of unbranched alkanes of at least 4 members (excludes halogenated alkanes) is 1. The van der Waals surface area contributed by atoms with Crippen molar-refractivity contribution in [3.63, 3.8) is 0 Å². The van der Waals surface area contributed by atoms with E-state index in [4.69, 9.17) is 0 Å². The molecule has 2 N–H and O–H groups in total. The number of aromatic amines is 1. The van der Waals surface area contributed by atoms with Crippen molar-refractivity contribution in [1.82, 2.24) is 24.8 Å². The van der Waals surface area contributed by atoms with Gasteiger partial charge in [-0.05, 0) is 25.8 Å². The Morgan fingerprint density at radius 1 is 1.21 bits per heavy atom. The first-order valence-corrected chi connectivity index (χ1v) is 11.7. The maximum Gasteiger partial charge on any atom is 0.261 e. The highest BCUT2D eigenvalue weighted by Gasteiger charge is 2.35. The van der Waals surface area contributed by atoms with E-state index in [1.54, 1.807) is 36.1 Å². The Kier molecular flexibility index (Phi) is 12.2. The fraction of sp³-hybridized carbons (Fsp3) is 0.583. The van der Waals surface area contributed by atoms with Gasteiger partial charge in [-0.3, -0.25) is 9.89 Å². The van der Waals surface area contributed by atoms with Crippen LogP contribution < -0.4 is 5.32 Å². The SMILES string of the molecule is CCC.CCCCC(CC)C(F)(F)CC.Cc1[nH]ncc1NC(=O)c1cnn2cccnc12. The molecule has 7 nitrogen and oxygen atoms in total. The summed E-state index contributed by atoms with van der Waals surface area (Å²) >= 11 is 0. The third-order valence-electron chi connectivity index (χ3n) is 5.07. The number of anilines is 1. The number of alkyl halides is 2. The molecular weight excluding hydrogens is 426 g/mol. The molecule has 1 unspecified atom stereocenters. The zero-order valence-electron chi connectivity index (χ0n) is 20.7. The summed E-state index contributed by atoms with van der Waals surface area (Å²) in [6.07, 6.45) is 10.9. The third-order valence-corrected chi connectivity index (χ3v) is 5.07. The highest BCUT2D eigenvalue weighted by atomic mass is 19.3. The van der Waals surface area contributed by atoms with Crippen molar-refractivity contribution in [3.05, 3.63) is 42.1 Å². The van der Waals surface area contributed by atoms with Gasteiger partial charge in [0.2, 0.25) is 0 Å². The minimum Gasteiger partial charge on any atom is -0.319 e. The smallest absolute Gasteiger partial charge is 0.261 e. The van der Waals surface area contributed by atoms with Crippen LogP contribution in [0.15, 0.2) is 30.9 Å². The molecule has 0 aliphatic carbocycles.